The number of nitrogens with two attached hydrogens (primary N) is 1. The highest BCUT2D eigenvalue weighted by atomic mass is 32.2. The molecule has 0 aliphatic heterocycles. The molecule has 0 saturated carbocycles. The van der Waals surface area contributed by atoms with Crippen molar-refractivity contribution in [2.75, 3.05) is 4.72 Å². The molecular weight excluding hydrogens is 286 g/mol. The quantitative estimate of drug-likeness (QED) is 0.882. The maximum atomic E-state index is 12.1. The van der Waals surface area contributed by atoms with Gasteiger partial charge < -0.3 is 5.73 Å². The summed E-state index contributed by atoms with van der Waals surface area (Å²) >= 11 is 0. The molecule has 0 aliphatic rings. The Morgan fingerprint density at radius 3 is 2.43 bits per heavy atom. The summed E-state index contributed by atoms with van der Waals surface area (Å²) < 4.78 is 26.8. The molecule has 0 unspecified atom stereocenters. The van der Waals surface area contributed by atoms with Crippen LogP contribution in [0.1, 0.15) is 16.7 Å². The fourth-order valence-electron chi connectivity index (χ4n) is 1.87. The van der Waals surface area contributed by atoms with Crippen LogP contribution in [0.4, 0.5) is 5.69 Å². The Labute approximate surface area is 124 Å². The van der Waals surface area contributed by atoms with Gasteiger partial charge in [0.05, 0.1) is 17.4 Å². The third-order valence-corrected chi connectivity index (χ3v) is 4.14. The van der Waals surface area contributed by atoms with E-state index in [1.54, 1.807) is 42.5 Å². The summed E-state index contributed by atoms with van der Waals surface area (Å²) in [5.74, 6) is -0.147. The van der Waals surface area contributed by atoms with E-state index in [1.165, 1.54) is 0 Å². The maximum absolute atomic E-state index is 12.1. The third kappa shape index (κ3) is 4.31. The SMILES string of the molecule is N#Cc1ccc(CS(=O)(=O)Nc2cccc(CN)c2)cc1. The van der Waals surface area contributed by atoms with Crippen LogP contribution in [0.25, 0.3) is 0 Å². The van der Waals surface area contributed by atoms with Crippen LogP contribution in [-0.4, -0.2) is 8.42 Å². The second kappa shape index (κ2) is 6.39. The minimum atomic E-state index is -3.51. The highest BCUT2D eigenvalue weighted by Gasteiger charge is 2.12. The predicted molar refractivity (Wildman–Crippen MR) is 81.7 cm³/mol. The van der Waals surface area contributed by atoms with E-state index in [-0.39, 0.29) is 5.75 Å². The van der Waals surface area contributed by atoms with Gasteiger partial charge in [-0.05, 0) is 35.4 Å². The summed E-state index contributed by atoms with van der Waals surface area (Å²) in [6, 6.07) is 15.4. The molecule has 0 radical (unpaired) electrons. The topological polar surface area (TPSA) is 96.0 Å². The highest BCUT2D eigenvalue weighted by molar-refractivity contribution is 7.91. The van der Waals surface area contributed by atoms with Gasteiger partial charge in [-0.25, -0.2) is 8.42 Å². The van der Waals surface area contributed by atoms with E-state index in [4.69, 9.17) is 11.0 Å². The van der Waals surface area contributed by atoms with Gasteiger partial charge in [0.1, 0.15) is 0 Å². The lowest BCUT2D eigenvalue weighted by atomic mass is 10.2. The van der Waals surface area contributed by atoms with E-state index in [9.17, 15) is 8.42 Å². The van der Waals surface area contributed by atoms with Crippen molar-refractivity contribution in [3.05, 3.63) is 65.2 Å². The van der Waals surface area contributed by atoms with E-state index in [0.717, 1.165) is 5.56 Å². The van der Waals surface area contributed by atoms with Crippen molar-refractivity contribution in [2.24, 2.45) is 5.73 Å². The van der Waals surface area contributed by atoms with Crippen molar-refractivity contribution in [3.63, 3.8) is 0 Å². The minimum absolute atomic E-state index is 0.147. The van der Waals surface area contributed by atoms with Crippen LogP contribution >= 0.6 is 0 Å². The molecule has 0 bridgehead atoms. The van der Waals surface area contributed by atoms with Crippen molar-refractivity contribution in [1.29, 1.82) is 5.26 Å². The zero-order valence-electron chi connectivity index (χ0n) is 11.3. The van der Waals surface area contributed by atoms with Crippen molar-refractivity contribution < 1.29 is 8.42 Å². The molecule has 2 rings (SSSR count). The first kappa shape index (κ1) is 15.0. The van der Waals surface area contributed by atoms with Crippen LogP contribution in [0.3, 0.4) is 0 Å². The van der Waals surface area contributed by atoms with Crippen LogP contribution in [-0.2, 0) is 22.3 Å². The van der Waals surface area contributed by atoms with Crippen LogP contribution in [0.15, 0.2) is 48.5 Å². The number of hydrogen-bond acceptors (Lipinski definition) is 4. The predicted octanol–water partition coefficient (Wildman–Crippen LogP) is 1.96. The molecule has 2 aromatic carbocycles. The van der Waals surface area contributed by atoms with Gasteiger partial charge in [0.15, 0.2) is 0 Å². The van der Waals surface area contributed by atoms with E-state index >= 15 is 0 Å². The van der Waals surface area contributed by atoms with Gasteiger partial charge in [-0.2, -0.15) is 5.26 Å². The van der Waals surface area contributed by atoms with Crippen molar-refractivity contribution >= 4 is 15.7 Å². The monoisotopic (exact) mass is 301 g/mol. The number of nitrogens with zero attached hydrogens (tertiary/aromatic N) is 1. The van der Waals surface area contributed by atoms with Gasteiger partial charge in [-0.1, -0.05) is 24.3 Å². The summed E-state index contributed by atoms with van der Waals surface area (Å²) in [7, 11) is -3.51. The summed E-state index contributed by atoms with van der Waals surface area (Å²) in [6.07, 6.45) is 0. The lowest BCUT2D eigenvalue weighted by Gasteiger charge is -2.09. The molecule has 0 saturated heterocycles. The Kier molecular flexibility index (Phi) is 4.58. The van der Waals surface area contributed by atoms with E-state index in [0.29, 0.717) is 23.4 Å². The molecule has 0 spiro atoms. The smallest absolute Gasteiger partial charge is 0.236 e. The largest absolute Gasteiger partial charge is 0.326 e. The minimum Gasteiger partial charge on any atom is -0.326 e. The highest BCUT2D eigenvalue weighted by Crippen LogP contribution is 2.15. The van der Waals surface area contributed by atoms with Crippen LogP contribution in [0, 0.1) is 11.3 Å². The van der Waals surface area contributed by atoms with Gasteiger partial charge in [-0.3, -0.25) is 4.72 Å². The molecule has 0 aliphatic carbocycles. The van der Waals surface area contributed by atoms with Gasteiger partial charge in [-0.15, -0.1) is 0 Å². The van der Waals surface area contributed by atoms with Gasteiger partial charge in [0.25, 0.3) is 0 Å². The van der Waals surface area contributed by atoms with Crippen LogP contribution < -0.4 is 10.5 Å². The second-order valence-corrected chi connectivity index (χ2v) is 6.30. The standard InChI is InChI=1S/C15H15N3O2S/c16-9-12-4-6-13(7-5-12)11-21(19,20)18-15-3-1-2-14(8-15)10-17/h1-8,18H,10-11,17H2. The van der Waals surface area contributed by atoms with Gasteiger partial charge >= 0.3 is 0 Å². The van der Waals surface area contributed by atoms with Crippen LogP contribution in [0.2, 0.25) is 0 Å². The molecule has 3 N–H and O–H groups in total. The van der Waals surface area contributed by atoms with Crippen molar-refractivity contribution in [1.82, 2.24) is 0 Å². The molecular formula is C15H15N3O2S. The fraction of sp³-hybridized carbons (Fsp3) is 0.133. The molecule has 21 heavy (non-hydrogen) atoms. The Balaban J connectivity index is 2.12. The molecule has 108 valence electrons. The first-order valence-corrected chi connectivity index (χ1v) is 7.96. The first-order valence-electron chi connectivity index (χ1n) is 6.31. The Morgan fingerprint density at radius 1 is 1.10 bits per heavy atom. The lowest BCUT2D eigenvalue weighted by molar-refractivity contribution is 0.600. The molecule has 5 nitrogen and oxygen atoms in total. The number of benzene rings is 2. The number of nitrogens with one attached hydrogen (secondary N) is 1. The van der Waals surface area contributed by atoms with Gasteiger partial charge in [0.2, 0.25) is 10.0 Å². The molecule has 2 aromatic rings. The fourth-order valence-corrected chi connectivity index (χ4v) is 3.06. The van der Waals surface area contributed by atoms with Gasteiger partial charge in [0, 0.05) is 12.2 Å². The maximum Gasteiger partial charge on any atom is 0.236 e. The van der Waals surface area contributed by atoms with Crippen LogP contribution in [0.5, 0.6) is 0 Å². The van der Waals surface area contributed by atoms with E-state index in [2.05, 4.69) is 4.72 Å². The summed E-state index contributed by atoms with van der Waals surface area (Å²) in [5, 5.41) is 8.71. The number of anilines is 1. The van der Waals surface area contributed by atoms with E-state index in [1.807, 2.05) is 12.1 Å². The molecule has 6 heteroatoms. The Morgan fingerprint density at radius 2 is 1.81 bits per heavy atom. The molecule has 0 aromatic heterocycles. The summed E-state index contributed by atoms with van der Waals surface area (Å²) in [4.78, 5) is 0. The normalized spacial score (nSPS) is 10.9. The molecule has 0 heterocycles. The Bertz CT molecular complexity index is 762. The second-order valence-electron chi connectivity index (χ2n) is 4.57. The average molecular weight is 301 g/mol. The number of rotatable bonds is 5. The summed E-state index contributed by atoms with van der Waals surface area (Å²) in [5.41, 5.74) is 8.00. The molecule has 0 fully saturated rings. The van der Waals surface area contributed by atoms with E-state index < -0.39 is 10.0 Å². The Hall–Kier alpha value is -2.36. The zero-order chi connectivity index (χ0) is 15.3. The third-order valence-electron chi connectivity index (χ3n) is 2.88. The average Bonchev–Trinajstić information content (AvgIpc) is 2.47. The number of sulfonamides is 1. The molecule has 0 atom stereocenters. The molecule has 0 amide bonds. The van der Waals surface area contributed by atoms with Crippen molar-refractivity contribution in [3.8, 4) is 6.07 Å². The zero-order valence-corrected chi connectivity index (χ0v) is 12.1. The number of hydrogen-bond donors (Lipinski definition) is 2. The first-order chi connectivity index (χ1) is 10.0. The lowest BCUT2D eigenvalue weighted by Crippen LogP contribution is -2.15. The number of nitriles is 1. The summed E-state index contributed by atoms with van der Waals surface area (Å²) in [6.45, 7) is 0.352. The van der Waals surface area contributed by atoms with Crippen molar-refractivity contribution in [2.45, 2.75) is 12.3 Å².